The van der Waals surface area contributed by atoms with E-state index in [2.05, 4.69) is 18.2 Å². The van der Waals surface area contributed by atoms with Crippen molar-refractivity contribution < 1.29 is 51.5 Å². The zero-order valence-corrected chi connectivity index (χ0v) is 42.0. The van der Waals surface area contributed by atoms with Gasteiger partial charge in [0, 0.05) is 61.5 Å². The molecule has 0 spiro atoms. The largest absolute Gasteiger partial charge is 0.485 e. The van der Waals surface area contributed by atoms with Crippen molar-refractivity contribution in [2.75, 3.05) is 26.2 Å². The molecule has 6 aliphatic heterocycles. The van der Waals surface area contributed by atoms with Crippen molar-refractivity contribution in [3.8, 4) is 35.5 Å². The van der Waals surface area contributed by atoms with Gasteiger partial charge in [-0.3, -0.25) is 28.0 Å². The second-order valence-electron chi connectivity index (χ2n) is 21.7. The van der Waals surface area contributed by atoms with Gasteiger partial charge in [-0.05, 0) is 129 Å². The number of phosphoric ester groups is 1. The average molecular weight is 987 g/mol. The molecule has 0 aromatic heterocycles. The molecule has 2 unspecified atom stereocenters. The van der Waals surface area contributed by atoms with Gasteiger partial charge in [0.1, 0.15) is 52.4 Å². The highest BCUT2D eigenvalue weighted by Crippen LogP contribution is 2.63. The topological polar surface area (TPSA) is 214 Å². The van der Waals surface area contributed by atoms with Crippen LogP contribution in [0.1, 0.15) is 145 Å². The predicted octanol–water partition coefficient (Wildman–Crippen LogP) is 8.26. The molecule has 71 heavy (non-hydrogen) atoms. The Hall–Kier alpha value is -5.99. The Bertz CT molecular complexity index is 2760. The molecule has 3 aromatic rings. The molecule has 8 atom stereocenters. The van der Waals surface area contributed by atoms with Crippen molar-refractivity contribution in [3.63, 3.8) is 0 Å². The van der Waals surface area contributed by atoms with Crippen LogP contribution in [0.5, 0.6) is 17.2 Å². The van der Waals surface area contributed by atoms with Gasteiger partial charge in [-0.25, -0.2) is 4.57 Å². The van der Waals surface area contributed by atoms with Crippen LogP contribution >= 0.6 is 7.82 Å². The van der Waals surface area contributed by atoms with E-state index in [1.54, 1.807) is 92.1 Å². The molecule has 1 aliphatic carbocycles. The summed E-state index contributed by atoms with van der Waals surface area (Å²) < 4.78 is 63.7. The number of fused-ring (bicyclic) bond motifs is 3. The highest BCUT2D eigenvalue weighted by molar-refractivity contribution is 7.48. The Morgan fingerprint density at radius 2 is 0.930 bits per heavy atom. The summed E-state index contributed by atoms with van der Waals surface area (Å²) in [6.45, 7) is 13.9. The summed E-state index contributed by atoms with van der Waals surface area (Å²) in [4.78, 5) is 46.3. The third-order valence-electron chi connectivity index (χ3n) is 15.4. The summed E-state index contributed by atoms with van der Waals surface area (Å²) in [5.41, 5.74) is -1.61. The SMILES string of the molecule is CC1(O[C@H]2[C@H](N3CCCC3=O)c3cc(C#N)ccc3OC2(C)C)CC1COP(=O)(O[C@H]1[C@H](N2CCCC2=O)c2cc(C#N)ccc2OC1(C)C)O[C@H]1[C@H](N2CCCC2=O)c2cc(C#N)ccc2OC1(C)C. The molecular formula is C53H59N6O11P. The summed E-state index contributed by atoms with van der Waals surface area (Å²) in [6.07, 6.45) is 0.140. The Morgan fingerprint density at radius 1 is 0.577 bits per heavy atom. The van der Waals surface area contributed by atoms with E-state index in [9.17, 15) is 30.2 Å². The molecule has 10 rings (SSSR count). The summed E-state index contributed by atoms with van der Waals surface area (Å²) in [5, 5.41) is 29.9. The fourth-order valence-corrected chi connectivity index (χ4v) is 13.4. The van der Waals surface area contributed by atoms with Crippen LogP contribution < -0.4 is 14.2 Å². The third kappa shape index (κ3) is 8.72. The molecule has 18 heteroatoms. The maximum atomic E-state index is 16.4. The molecule has 0 bridgehead atoms. The number of nitriles is 3. The summed E-state index contributed by atoms with van der Waals surface area (Å²) >= 11 is 0. The maximum Gasteiger partial charge on any atom is 0.475 e. The molecule has 4 fully saturated rings. The van der Waals surface area contributed by atoms with Crippen molar-refractivity contribution in [2.45, 2.75) is 152 Å². The Kier molecular flexibility index (Phi) is 12.1. The second kappa shape index (κ2) is 17.6. The van der Waals surface area contributed by atoms with Crippen LogP contribution in [-0.4, -0.2) is 99.4 Å². The highest BCUT2D eigenvalue weighted by Gasteiger charge is 2.61. The minimum absolute atomic E-state index is 0.0178. The summed E-state index contributed by atoms with van der Waals surface area (Å²) in [7, 11) is -4.93. The van der Waals surface area contributed by atoms with Gasteiger partial charge in [-0.1, -0.05) is 0 Å². The number of carbonyl (C=O) groups excluding carboxylic acids is 3. The molecule has 17 nitrogen and oxygen atoms in total. The number of hydrogen-bond donors (Lipinski definition) is 0. The predicted molar refractivity (Wildman–Crippen MR) is 253 cm³/mol. The third-order valence-corrected chi connectivity index (χ3v) is 16.9. The molecule has 3 saturated heterocycles. The molecule has 372 valence electrons. The summed E-state index contributed by atoms with van der Waals surface area (Å²) in [6, 6.07) is 19.4. The quantitative estimate of drug-likeness (QED) is 0.156. The van der Waals surface area contributed by atoms with Crippen molar-refractivity contribution in [1.29, 1.82) is 15.8 Å². The molecule has 0 radical (unpaired) electrons. The Morgan fingerprint density at radius 3 is 1.27 bits per heavy atom. The number of likely N-dealkylation sites (tertiary alicyclic amines) is 3. The molecule has 3 aromatic carbocycles. The zero-order chi connectivity index (χ0) is 50.4. The van der Waals surface area contributed by atoms with E-state index < -0.39 is 72.6 Å². The van der Waals surface area contributed by atoms with Crippen molar-refractivity contribution in [2.24, 2.45) is 5.92 Å². The lowest BCUT2D eigenvalue weighted by Crippen LogP contribution is -2.56. The fraction of sp³-hybridized carbons (Fsp3) is 0.547. The number of carbonyl (C=O) groups is 3. The first-order valence-corrected chi connectivity index (χ1v) is 26.0. The second-order valence-corrected chi connectivity index (χ2v) is 23.2. The lowest BCUT2D eigenvalue weighted by molar-refractivity contribution is -0.168. The van der Waals surface area contributed by atoms with E-state index >= 15 is 4.57 Å². The van der Waals surface area contributed by atoms with Gasteiger partial charge < -0.3 is 33.6 Å². The first-order chi connectivity index (χ1) is 33.7. The number of benzene rings is 3. The summed E-state index contributed by atoms with van der Waals surface area (Å²) in [5.74, 6) is 0.746. The fourth-order valence-electron chi connectivity index (χ4n) is 11.6. The smallest absolute Gasteiger partial charge is 0.475 e. The molecule has 1 saturated carbocycles. The number of nitrogens with zero attached hydrogens (tertiary/aromatic N) is 6. The van der Waals surface area contributed by atoms with E-state index in [1.807, 2.05) is 25.7 Å². The lowest BCUT2D eigenvalue weighted by atomic mass is 9.84. The molecular weight excluding hydrogens is 928 g/mol. The monoisotopic (exact) mass is 986 g/mol. The Labute approximate surface area is 414 Å². The number of amides is 3. The zero-order valence-electron chi connectivity index (χ0n) is 41.1. The number of phosphoric acid groups is 1. The maximum absolute atomic E-state index is 16.4. The van der Waals surface area contributed by atoms with E-state index in [0.717, 1.165) is 0 Å². The van der Waals surface area contributed by atoms with E-state index in [0.29, 0.717) is 102 Å². The highest BCUT2D eigenvalue weighted by atomic mass is 31.2. The van der Waals surface area contributed by atoms with Crippen LogP contribution in [0.2, 0.25) is 0 Å². The minimum atomic E-state index is -4.93. The lowest BCUT2D eigenvalue weighted by Gasteiger charge is -2.50. The first kappa shape index (κ1) is 48.6. The van der Waals surface area contributed by atoms with Crippen molar-refractivity contribution in [3.05, 3.63) is 88.0 Å². The number of hydrogen-bond acceptors (Lipinski definition) is 14. The van der Waals surface area contributed by atoms with Crippen LogP contribution in [0, 0.1) is 39.9 Å². The van der Waals surface area contributed by atoms with Gasteiger partial charge in [0.15, 0.2) is 0 Å². The van der Waals surface area contributed by atoms with E-state index in [-0.39, 0.29) is 37.2 Å². The van der Waals surface area contributed by atoms with Gasteiger partial charge in [0.05, 0.1) is 65.2 Å². The molecule has 3 amide bonds. The average Bonchev–Trinajstić information content (AvgIpc) is 3.71. The van der Waals surface area contributed by atoms with E-state index in [4.69, 9.17) is 32.5 Å². The molecule has 7 aliphatic rings. The van der Waals surface area contributed by atoms with Gasteiger partial charge in [0.25, 0.3) is 0 Å². The van der Waals surface area contributed by atoms with Gasteiger partial charge >= 0.3 is 7.82 Å². The Balaban J connectivity index is 1.02. The molecule has 6 heterocycles. The van der Waals surface area contributed by atoms with E-state index in [1.165, 1.54) is 0 Å². The van der Waals surface area contributed by atoms with Crippen LogP contribution in [0.25, 0.3) is 0 Å². The van der Waals surface area contributed by atoms with Crippen molar-refractivity contribution >= 4 is 25.5 Å². The van der Waals surface area contributed by atoms with Crippen LogP contribution in [0.4, 0.5) is 0 Å². The standard InChI is InChI=1S/C53H59N6O11P/c1-50(2)47(44(57-20-8-11-41(57)60)35-23-31(27-54)14-17-38(35)65-50)68-53(7)26-34(53)30-64-71(63,69-48-45(58-21-9-12-42(58)61)36-24-32(28-55)15-18-39(36)66-51(48,3)4)70-49-46(59-22-10-13-43(59)62)37-25-33(29-56)16-19-40(37)67-52(49,5)6/h14-19,23-25,34,44-49H,8-13,20-22,26,30H2,1-7H3/t34?,44-,45-,46-,47+,48+,49+,53?/m1/s1. The number of rotatable bonds is 12. The molecule has 0 N–H and O–H groups in total. The normalized spacial score (nSPS) is 29.9. The van der Waals surface area contributed by atoms with Crippen LogP contribution in [0.15, 0.2) is 54.6 Å². The number of ether oxygens (including phenoxy) is 4. The van der Waals surface area contributed by atoms with Crippen LogP contribution in [-0.2, 0) is 37.3 Å². The van der Waals surface area contributed by atoms with Gasteiger partial charge in [-0.15, -0.1) is 0 Å². The van der Waals surface area contributed by atoms with Gasteiger partial charge in [0.2, 0.25) is 17.7 Å². The van der Waals surface area contributed by atoms with Crippen molar-refractivity contribution in [1.82, 2.24) is 14.7 Å². The van der Waals surface area contributed by atoms with Crippen LogP contribution in [0.3, 0.4) is 0 Å². The first-order valence-electron chi connectivity index (χ1n) is 24.5. The minimum Gasteiger partial charge on any atom is -0.485 e. The van der Waals surface area contributed by atoms with Gasteiger partial charge in [-0.2, -0.15) is 15.8 Å².